The van der Waals surface area contributed by atoms with Gasteiger partial charge in [-0.3, -0.25) is 14.7 Å². The Balaban J connectivity index is 1.15. The summed E-state index contributed by atoms with van der Waals surface area (Å²) < 4.78 is 0. The van der Waals surface area contributed by atoms with Crippen LogP contribution in [0, 0.1) is 5.41 Å². The van der Waals surface area contributed by atoms with Gasteiger partial charge in [-0.1, -0.05) is 49.6 Å². The summed E-state index contributed by atoms with van der Waals surface area (Å²) in [6.45, 7) is 3.06. The highest BCUT2D eigenvalue weighted by atomic mass is 16.2. The Morgan fingerprint density at radius 2 is 1.56 bits per heavy atom. The smallest absolute Gasteiger partial charge is 0.233 e. The average Bonchev–Trinajstić information content (AvgIpc) is 3.66. The number of carbonyl (C=O) groups excluding carboxylic acids is 1. The lowest BCUT2D eigenvalue weighted by atomic mass is 9.60. The number of hydrogen-bond donors (Lipinski definition) is 0. The Morgan fingerprint density at radius 1 is 0.875 bits per heavy atom. The Labute approximate surface area is 192 Å². The average molecular weight is 430 g/mol. The molecule has 1 aromatic carbocycles. The van der Waals surface area contributed by atoms with E-state index in [9.17, 15) is 4.79 Å². The first-order chi connectivity index (χ1) is 15.7. The molecular weight excluding hydrogens is 394 g/mol. The van der Waals surface area contributed by atoms with Gasteiger partial charge in [0.1, 0.15) is 0 Å². The highest BCUT2D eigenvalue weighted by Gasteiger charge is 2.56. The minimum absolute atomic E-state index is 0.226. The van der Waals surface area contributed by atoms with Gasteiger partial charge >= 0.3 is 0 Å². The minimum Gasteiger partial charge on any atom is -0.342 e. The van der Waals surface area contributed by atoms with E-state index in [4.69, 9.17) is 0 Å². The summed E-state index contributed by atoms with van der Waals surface area (Å²) in [6, 6.07) is 16.1. The fourth-order valence-electron chi connectivity index (χ4n) is 7.11. The van der Waals surface area contributed by atoms with Crippen molar-refractivity contribution in [2.75, 3.05) is 19.6 Å². The number of amides is 1. The zero-order valence-electron chi connectivity index (χ0n) is 19.1. The second-order valence-electron chi connectivity index (χ2n) is 10.7. The van der Waals surface area contributed by atoms with E-state index in [1.54, 1.807) is 0 Å². The highest BCUT2D eigenvalue weighted by molar-refractivity contribution is 5.91. The Hall–Kier alpha value is -2.20. The molecule has 2 aliphatic carbocycles. The molecule has 168 valence electrons. The molecule has 0 radical (unpaired) electrons. The quantitative estimate of drug-likeness (QED) is 0.677. The van der Waals surface area contributed by atoms with E-state index in [1.807, 2.05) is 18.5 Å². The summed E-state index contributed by atoms with van der Waals surface area (Å²) >= 11 is 0. The maximum atomic E-state index is 13.5. The summed E-state index contributed by atoms with van der Waals surface area (Å²) in [4.78, 5) is 22.7. The lowest BCUT2D eigenvalue weighted by molar-refractivity contribution is -0.145. The summed E-state index contributed by atoms with van der Waals surface area (Å²) in [5.74, 6) is 0.375. The van der Waals surface area contributed by atoms with E-state index in [0.29, 0.717) is 23.4 Å². The van der Waals surface area contributed by atoms with Gasteiger partial charge in [0.15, 0.2) is 0 Å². The zero-order chi connectivity index (χ0) is 21.6. The van der Waals surface area contributed by atoms with Gasteiger partial charge in [-0.15, -0.1) is 0 Å². The molecule has 2 aromatic rings. The third-order valence-corrected chi connectivity index (χ3v) is 8.99. The fraction of sp³-hybridized carbons (Fsp3) is 0.571. The first kappa shape index (κ1) is 20.4. The summed E-state index contributed by atoms with van der Waals surface area (Å²) in [7, 11) is 0. The van der Waals surface area contributed by atoms with E-state index in [2.05, 4.69) is 51.2 Å². The lowest BCUT2D eigenvalue weighted by Crippen LogP contribution is -2.64. The number of rotatable bonds is 4. The molecule has 32 heavy (non-hydrogen) atoms. The van der Waals surface area contributed by atoms with Crippen LogP contribution in [0.4, 0.5) is 0 Å². The van der Waals surface area contributed by atoms with Crippen LogP contribution in [0.15, 0.2) is 54.9 Å². The molecule has 0 N–H and O–H groups in total. The van der Waals surface area contributed by atoms with Crippen LogP contribution in [-0.4, -0.2) is 46.4 Å². The van der Waals surface area contributed by atoms with Crippen LogP contribution >= 0.6 is 0 Å². The Kier molecular flexibility index (Phi) is 5.09. The van der Waals surface area contributed by atoms with Crippen molar-refractivity contribution in [3.63, 3.8) is 0 Å². The van der Waals surface area contributed by atoms with Gasteiger partial charge in [0.25, 0.3) is 0 Å². The normalized spacial score (nSPS) is 27.1. The number of carbonyl (C=O) groups is 1. The molecule has 1 amide bonds. The molecule has 1 atom stereocenters. The molecule has 2 aliphatic heterocycles. The van der Waals surface area contributed by atoms with Crippen molar-refractivity contribution < 1.29 is 4.79 Å². The van der Waals surface area contributed by atoms with Gasteiger partial charge in [0, 0.05) is 49.5 Å². The van der Waals surface area contributed by atoms with Crippen molar-refractivity contribution in [1.82, 2.24) is 14.8 Å². The number of pyridine rings is 1. The number of likely N-dealkylation sites (tertiary alicyclic amines) is 2. The maximum absolute atomic E-state index is 13.5. The van der Waals surface area contributed by atoms with Gasteiger partial charge in [0.2, 0.25) is 5.91 Å². The summed E-state index contributed by atoms with van der Waals surface area (Å²) in [5, 5.41) is 0. The van der Waals surface area contributed by atoms with E-state index < -0.39 is 0 Å². The summed E-state index contributed by atoms with van der Waals surface area (Å²) in [5.41, 5.74) is 2.91. The van der Waals surface area contributed by atoms with E-state index in [-0.39, 0.29) is 5.41 Å². The molecule has 4 aliphatic rings. The van der Waals surface area contributed by atoms with Gasteiger partial charge < -0.3 is 4.90 Å². The maximum Gasteiger partial charge on any atom is 0.233 e. The summed E-state index contributed by atoms with van der Waals surface area (Å²) in [6.07, 6.45) is 15.0. The van der Waals surface area contributed by atoms with Crippen LogP contribution < -0.4 is 0 Å². The van der Waals surface area contributed by atoms with Crippen molar-refractivity contribution in [3.8, 4) is 0 Å². The SMILES string of the molecule is O=C(N1CCC(N2CC3(CCCCC3)C2c2ccncc2)CC1)C1(c2ccccc2)CC1. The highest BCUT2D eigenvalue weighted by Crippen LogP contribution is 2.58. The van der Waals surface area contributed by atoms with Crippen LogP contribution in [-0.2, 0) is 10.2 Å². The molecule has 1 unspecified atom stereocenters. The molecular formula is C28H35N3O. The number of piperidine rings is 1. The zero-order valence-corrected chi connectivity index (χ0v) is 19.1. The predicted octanol–water partition coefficient (Wildman–Crippen LogP) is 5.11. The number of hydrogen-bond acceptors (Lipinski definition) is 3. The van der Waals surface area contributed by atoms with Crippen LogP contribution in [0.1, 0.15) is 75.0 Å². The second-order valence-corrected chi connectivity index (χ2v) is 10.7. The third kappa shape index (κ3) is 3.30. The number of benzene rings is 1. The first-order valence-electron chi connectivity index (χ1n) is 12.7. The van der Waals surface area contributed by atoms with E-state index in [0.717, 1.165) is 38.8 Å². The largest absolute Gasteiger partial charge is 0.342 e. The molecule has 4 heteroatoms. The standard InChI is InChI=1S/C28H35N3O/c32-26(28(15-16-28)23-7-3-1-4-8-23)30-19-11-24(12-20-30)31-21-27(13-5-2-6-14-27)25(31)22-9-17-29-18-10-22/h1,3-4,7-10,17-18,24-25H,2,5-6,11-16,19-21H2. The van der Waals surface area contributed by atoms with Gasteiger partial charge in [0.05, 0.1) is 5.41 Å². The van der Waals surface area contributed by atoms with E-state index in [1.165, 1.54) is 49.8 Å². The first-order valence-corrected chi connectivity index (χ1v) is 12.7. The number of aromatic nitrogens is 1. The van der Waals surface area contributed by atoms with Crippen molar-refractivity contribution >= 4 is 5.91 Å². The molecule has 1 aromatic heterocycles. The number of nitrogens with zero attached hydrogens (tertiary/aromatic N) is 3. The van der Waals surface area contributed by atoms with Crippen LogP contribution in [0.2, 0.25) is 0 Å². The molecule has 4 fully saturated rings. The molecule has 2 saturated heterocycles. The molecule has 1 spiro atoms. The molecule has 3 heterocycles. The van der Waals surface area contributed by atoms with Crippen molar-refractivity contribution in [2.45, 2.75) is 75.3 Å². The fourth-order valence-corrected chi connectivity index (χ4v) is 7.11. The lowest BCUT2D eigenvalue weighted by Gasteiger charge is -2.63. The predicted molar refractivity (Wildman–Crippen MR) is 126 cm³/mol. The molecule has 4 nitrogen and oxygen atoms in total. The van der Waals surface area contributed by atoms with Gasteiger partial charge in [-0.05, 0) is 61.8 Å². The molecule has 0 bridgehead atoms. The van der Waals surface area contributed by atoms with Gasteiger partial charge in [-0.2, -0.15) is 0 Å². The third-order valence-electron chi connectivity index (χ3n) is 8.99. The van der Waals surface area contributed by atoms with Crippen LogP contribution in [0.3, 0.4) is 0 Å². The molecule has 2 saturated carbocycles. The van der Waals surface area contributed by atoms with Crippen molar-refractivity contribution in [2.24, 2.45) is 5.41 Å². The Bertz CT molecular complexity index is 941. The van der Waals surface area contributed by atoms with E-state index >= 15 is 0 Å². The second kappa shape index (κ2) is 7.98. The molecule has 6 rings (SSSR count). The Morgan fingerprint density at radius 3 is 2.22 bits per heavy atom. The van der Waals surface area contributed by atoms with Crippen LogP contribution in [0.5, 0.6) is 0 Å². The van der Waals surface area contributed by atoms with Crippen LogP contribution in [0.25, 0.3) is 0 Å². The van der Waals surface area contributed by atoms with Crippen molar-refractivity contribution in [3.05, 3.63) is 66.0 Å². The van der Waals surface area contributed by atoms with Gasteiger partial charge in [-0.25, -0.2) is 0 Å². The monoisotopic (exact) mass is 429 g/mol. The minimum atomic E-state index is -0.226. The van der Waals surface area contributed by atoms with Crippen molar-refractivity contribution in [1.29, 1.82) is 0 Å². The topological polar surface area (TPSA) is 36.4 Å².